The molecule has 0 bridgehead atoms. The van der Waals surface area contributed by atoms with Crippen molar-refractivity contribution in [3.8, 4) is 0 Å². The van der Waals surface area contributed by atoms with Gasteiger partial charge in [-0.2, -0.15) is 0 Å². The van der Waals surface area contributed by atoms with Crippen LogP contribution >= 0.6 is 0 Å². The zero-order valence-corrected chi connectivity index (χ0v) is 11.4. The minimum atomic E-state index is -0.471. The van der Waals surface area contributed by atoms with Crippen molar-refractivity contribution >= 4 is 11.8 Å². The standard InChI is InChI=1S/C14H21N3O2/c1-10(2)12-5-3-4-11(6-12)7-17(8-13(15)18)9-14(16)19/h3-6,10H,7-9H2,1-2H3,(H2,15,18)(H2,16,19). The quantitative estimate of drug-likeness (QED) is 0.754. The third kappa shape index (κ3) is 5.52. The minimum absolute atomic E-state index is 0.0227. The van der Waals surface area contributed by atoms with Gasteiger partial charge in [-0.05, 0) is 17.0 Å². The second-order valence-corrected chi connectivity index (χ2v) is 4.98. The molecule has 0 atom stereocenters. The van der Waals surface area contributed by atoms with E-state index < -0.39 is 11.8 Å². The van der Waals surface area contributed by atoms with Crippen LogP contribution < -0.4 is 11.5 Å². The Morgan fingerprint density at radius 2 is 1.74 bits per heavy atom. The number of carbonyl (C=O) groups excluding carboxylic acids is 2. The van der Waals surface area contributed by atoms with Gasteiger partial charge in [0.1, 0.15) is 0 Å². The second kappa shape index (κ2) is 6.89. The number of benzene rings is 1. The van der Waals surface area contributed by atoms with Crippen molar-refractivity contribution in [2.45, 2.75) is 26.3 Å². The van der Waals surface area contributed by atoms with Crippen molar-refractivity contribution < 1.29 is 9.59 Å². The first-order chi connectivity index (χ1) is 8.88. The molecule has 0 heterocycles. The first-order valence-corrected chi connectivity index (χ1v) is 6.26. The van der Waals surface area contributed by atoms with Gasteiger partial charge in [0.15, 0.2) is 0 Å². The third-order valence-corrected chi connectivity index (χ3v) is 2.78. The Morgan fingerprint density at radius 3 is 2.21 bits per heavy atom. The lowest BCUT2D eigenvalue weighted by atomic mass is 10.0. The molecule has 0 spiro atoms. The molecule has 1 rings (SSSR count). The molecule has 0 saturated carbocycles. The number of hydrogen-bond donors (Lipinski definition) is 2. The maximum atomic E-state index is 11.0. The lowest BCUT2D eigenvalue weighted by Crippen LogP contribution is -2.39. The van der Waals surface area contributed by atoms with Crippen LogP contribution in [-0.2, 0) is 16.1 Å². The van der Waals surface area contributed by atoms with Crippen LogP contribution in [0.2, 0.25) is 0 Å². The Labute approximate surface area is 113 Å². The minimum Gasteiger partial charge on any atom is -0.369 e. The summed E-state index contributed by atoms with van der Waals surface area (Å²) >= 11 is 0. The molecule has 5 heteroatoms. The van der Waals surface area contributed by atoms with Gasteiger partial charge < -0.3 is 11.5 Å². The number of nitrogens with zero attached hydrogens (tertiary/aromatic N) is 1. The second-order valence-electron chi connectivity index (χ2n) is 4.98. The maximum Gasteiger partial charge on any atom is 0.231 e. The Balaban J connectivity index is 2.80. The average molecular weight is 263 g/mol. The highest BCUT2D eigenvalue weighted by atomic mass is 16.2. The molecule has 4 N–H and O–H groups in total. The molecule has 0 aliphatic carbocycles. The van der Waals surface area contributed by atoms with Crippen molar-refractivity contribution in [2.24, 2.45) is 11.5 Å². The van der Waals surface area contributed by atoms with Gasteiger partial charge in [0.25, 0.3) is 0 Å². The van der Waals surface area contributed by atoms with E-state index in [0.29, 0.717) is 12.5 Å². The van der Waals surface area contributed by atoms with Crippen LogP contribution in [0.15, 0.2) is 24.3 Å². The largest absolute Gasteiger partial charge is 0.369 e. The summed E-state index contributed by atoms with van der Waals surface area (Å²) in [7, 11) is 0. The first-order valence-electron chi connectivity index (χ1n) is 6.26. The van der Waals surface area contributed by atoms with E-state index in [1.807, 2.05) is 12.1 Å². The summed E-state index contributed by atoms with van der Waals surface area (Å²) in [5.41, 5.74) is 12.6. The summed E-state index contributed by atoms with van der Waals surface area (Å²) in [4.78, 5) is 23.6. The van der Waals surface area contributed by atoms with Crippen molar-refractivity contribution in [1.29, 1.82) is 0 Å². The average Bonchev–Trinajstić information content (AvgIpc) is 2.27. The van der Waals surface area contributed by atoms with Crippen molar-refractivity contribution in [1.82, 2.24) is 4.90 Å². The van der Waals surface area contributed by atoms with Crippen LogP contribution in [-0.4, -0.2) is 29.8 Å². The highest BCUT2D eigenvalue weighted by Gasteiger charge is 2.12. The highest BCUT2D eigenvalue weighted by molar-refractivity contribution is 5.79. The van der Waals surface area contributed by atoms with Gasteiger partial charge in [-0.15, -0.1) is 0 Å². The molecule has 104 valence electrons. The number of carbonyl (C=O) groups is 2. The topological polar surface area (TPSA) is 89.4 Å². The van der Waals surface area contributed by atoms with Gasteiger partial charge in [-0.25, -0.2) is 0 Å². The SMILES string of the molecule is CC(C)c1cccc(CN(CC(N)=O)CC(N)=O)c1. The van der Waals surface area contributed by atoms with Crippen molar-refractivity contribution in [3.05, 3.63) is 35.4 Å². The number of primary amides is 2. The number of hydrogen-bond acceptors (Lipinski definition) is 3. The monoisotopic (exact) mass is 263 g/mol. The third-order valence-electron chi connectivity index (χ3n) is 2.78. The molecule has 1 aromatic rings. The van der Waals surface area contributed by atoms with Crippen LogP contribution in [0.25, 0.3) is 0 Å². The molecule has 0 radical (unpaired) electrons. The van der Waals surface area contributed by atoms with E-state index in [1.165, 1.54) is 5.56 Å². The highest BCUT2D eigenvalue weighted by Crippen LogP contribution is 2.16. The lowest BCUT2D eigenvalue weighted by molar-refractivity contribution is -0.122. The Bertz CT molecular complexity index is 442. The smallest absolute Gasteiger partial charge is 0.231 e. The molecule has 0 fully saturated rings. The van der Waals surface area contributed by atoms with E-state index >= 15 is 0 Å². The lowest BCUT2D eigenvalue weighted by Gasteiger charge is -2.19. The molecule has 0 saturated heterocycles. The summed E-state index contributed by atoms with van der Waals surface area (Å²) in [5, 5.41) is 0. The Kier molecular flexibility index (Phi) is 5.51. The molecule has 0 aliphatic heterocycles. The summed E-state index contributed by atoms with van der Waals surface area (Å²) < 4.78 is 0. The van der Waals surface area contributed by atoms with E-state index in [0.717, 1.165) is 5.56 Å². The molecule has 0 unspecified atom stereocenters. The van der Waals surface area contributed by atoms with E-state index in [-0.39, 0.29) is 13.1 Å². The predicted octanol–water partition coefficient (Wildman–Crippen LogP) is 0.583. The Morgan fingerprint density at radius 1 is 1.16 bits per heavy atom. The van der Waals surface area contributed by atoms with Crippen LogP contribution in [0, 0.1) is 0 Å². The predicted molar refractivity (Wildman–Crippen MR) is 74.2 cm³/mol. The van der Waals surface area contributed by atoms with Gasteiger partial charge in [-0.1, -0.05) is 38.1 Å². The fourth-order valence-electron chi connectivity index (χ4n) is 1.92. The van der Waals surface area contributed by atoms with E-state index in [4.69, 9.17) is 11.5 Å². The van der Waals surface area contributed by atoms with Gasteiger partial charge in [0.05, 0.1) is 13.1 Å². The molecular weight excluding hydrogens is 242 g/mol. The van der Waals surface area contributed by atoms with Crippen LogP contribution in [0.4, 0.5) is 0 Å². The molecule has 0 aliphatic rings. The van der Waals surface area contributed by atoms with Crippen molar-refractivity contribution in [3.63, 3.8) is 0 Å². The van der Waals surface area contributed by atoms with E-state index in [2.05, 4.69) is 26.0 Å². The fraction of sp³-hybridized carbons (Fsp3) is 0.429. The molecule has 2 amide bonds. The molecule has 0 aromatic heterocycles. The molecule has 19 heavy (non-hydrogen) atoms. The van der Waals surface area contributed by atoms with Gasteiger partial charge >= 0.3 is 0 Å². The number of nitrogens with two attached hydrogens (primary N) is 2. The van der Waals surface area contributed by atoms with Crippen LogP contribution in [0.3, 0.4) is 0 Å². The van der Waals surface area contributed by atoms with Crippen LogP contribution in [0.5, 0.6) is 0 Å². The van der Waals surface area contributed by atoms with E-state index in [1.54, 1.807) is 4.90 Å². The summed E-state index contributed by atoms with van der Waals surface area (Å²) in [6.45, 7) is 4.75. The number of rotatable bonds is 7. The van der Waals surface area contributed by atoms with E-state index in [9.17, 15) is 9.59 Å². The summed E-state index contributed by atoms with van der Waals surface area (Å²) in [6.07, 6.45) is 0. The normalized spacial score (nSPS) is 10.9. The van der Waals surface area contributed by atoms with Gasteiger partial charge in [0.2, 0.25) is 11.8 Å². The zero-order valence-electron chi connectivity index (χ0n) is 11.4. The Hall–Kier alpha value is -1.88. The van der Waals surface area contributed by atoms with Crippen molar-refractivity contribution in [2.75, 3.05) is 13.1 Å². The van der Waals surface area contributed by atoms with Crippen LogP contribution in [0.1, 0.15) is 30.9 Å². The fourth-order valence-corrected chi connectivity index (χ4v) is 1.92. The van der Waals surface area contributed by atoms with Gasteiger partial charge in [-0.3, -0.25) is 14.5 Å². The summed E-state index contributed by atoms with van der Waals surface area (Å²) in [6, 6.07) is 8.05. The molecule has 1 aromatic carbocycles. The molecule has 5 nitrogen and oxygen atoms in total. The summed E-state index contributed by atoms with van der Waals surface area (Å²) in [5.74, 6) is -0.511. The zero-order chi connectivity index (χ0) is 14.4. The number of amides is 2. The first kappa shape index (κ1) is 15.2. The van der Waals surface area contributed by atoms with Gasteiger partial charge in [0, 0.05) is 6.54 Å². The molecular formula is C14H21N3O2. The maximum absolute atomic E-state index is 11.0.